The summed E-state index contributed by atoms with van der Waals surface area (Å²) in [6, 6.07) is 19.6. The normalized spacial score (nSPS) is 8.80. The summed E-state index contributed by atoms with van der Waals surface area (Å²) < 4.78 is 0. The Morgan fingerprint density at radius 3 is 1.45 bits per heavy atom. The molecule has 0 amide bonds. The van der Waals surface area contributed by atoms with Gasteiger partial charge in [0.25, 0.3) is 0 Å². The quantitative estimate of drug-likeness (QED) is 0.812. The summed E-state index contributed by atoms with van der Waals surface area (Å²) >= 11 is 0. The third-order valence-electron chi connectivity index (χ3n) is 2.93. The van der Waals surface area contributed by atoms with Crippen molar-refractivity contribution in [3.63, 3.8) is 0 Å². The molecule has 0 fully saturated rings. The number of hydrogen-bond donors (Lipinski definition) is 0. The first-order valence-electron chi connectivity index (χ1n) is 6.71. The standard InChI is InChI=1S/2C9H9N/c2*1-2-8-4-3-5-9(6-8)7-10/h2*3-6H,2H2,1H3. The van der Waals surface area contributed by atoms with Gasteiger partial charge in [-0.1, -0.05) is 38.1 Å². The molecule has 100 valence electrons. The van der Waals surface area contributed by atoms with Gasteiger partial charge >= 0.3 is 0 Å². The van der Waals surface area contributed by atoms with Crippen molar-refractivity contribution >= 4 is 0 Å². The number of rotatable bonds is 2. The van der Waals surface area contributed by atoms with Crippen LogP contribution in [0.5, 0.6) is 0 Å². The molecule has 2 aromatic carbocycles. The first kappa shape index (κ1) is 15.5. The largest absolute Gasteiger partial charge is 0.192 e. The minimum atomic E-state index is 0.749. The fourth-order valence-electron chi connectivity index (χ4n) is 1.72. The summed E-state index contributed by atoms with van der Waals surface area (Å²) in [7, 11) is 0. The van der Waals surface area contributed by atoms with E-state index >= 15 is 0 Å². The Hall–Kier alpha value is -2.58. The lowest BCUT2D eigenvalue weighted by Gasteiger charge is -1.93. The van der Waals surface area contributed by atoms with Crippen LogP contribution in [0.25, 0.3) is 0 Å². The highest BCUT2D eigenvalue weighted by molar-refractivity contribution is 5.33. The minimum absolute atomic E-state index is 0.749. The molecule has 0 radical (unpaired) electrons. The van der Waals surface area contributed by atoms with Crippen LogP contribution >= 0.6 is 0 Å². The maximum absolute atomic E-state index is 8.51. The van der Waals surface area contributed by atoms with E-state index in [0.29, 0.717) is 0 Å². The van der Waals surface area contributed by atoms with Crippen LogP contribution in [0.1, 0.15) is 36.1 Å². The van der Waals surface area contributed by atoms with Gasteiger partial charge in [0.05, 0.1) is 23.3 Å². The molecule has 2 aromatic rings. The third-order valence-corrected chi connectivity index (χ3v) is 2.93. The highest BCUT2D eigenvalue weighted by atomic mass is 14.2. The van der Waals surface area contributed by atoms with E-state index in [1.54, 1.807) is 0 Å². The van der Waals surface area contributed by atoms with E-state index in [-0.39, 0.29) is 0 Å². The molecular formula is C18H18N2. The average molecular weight is 262 g/mol. The Kier molecular flexibility index (Phi) is 6.59. The Morgan fingerprint density at radius 1 is 0.750 bits per heavy atom. The van der Waals surface area contributed by atoms with E-state index in [1.165, 1.54) is 11.1 Å². The van der Waals surface area contributed by atoms with Crippen molar-refractivity contribution in [2.24, 2.45) is 0 Å². The summed E-state index contributed by atoms with van der Waals surface area (Å²) in [5.74, 6) is 0. The lowest BCUT2D eigenvalue weighted by atomic mass is 10.1. The molecule has 0 atom stereocenters. The monoisotopic (exact) mass is 262 g/mol. The van der Waals surface area contributed by atoms with Crippen molar-refractivity contribution in [1.82, 2.24) is 0 Å². The van der Waals surface area contributed by atoms with Gasteiger partial charge in [-0.15, -0.1) is 0 Å². The van der Waals surface area contributed by atoms with Gasteiger partial charge in [-0.2, -0.15) is 10.5 Å². The highest BCUT2D eigenvalue weighted by Crippen LogP contribution is 2.04. The Balaban J connectivity index is 0.000000200. The lowest BCUT2D eigenvalue weighted by Crippen LogP contribution is -1.80. The second-order valence-electron chi connectivity index (χ2n) is 4.33. The highest BCUT2D eigenvalue weighted by Gasteiger charge is 1.90. The lowest BCUT2D eigenvalue weighted by molar-refractivity contribution is 1.14. The van der Waals surface area contributed by atoms with Gasteiger partial charge < -0.3 is 0 Å². The molecule has 0 unspecified atom stereocenters. The van der Waals surface area contributed by atoms with Crippen LogP contribution in [0.3, 0.4) is 0 Å². The zero-order valence-electron chi connectivity index (χ0n) is 11.9. The van der Waals surface area contributed by atoms with Crippen molar-refractivity contribution in [3.05, 3.63) is 70.8 Å². The van der Waals surface area contributed by atoms with E-state index in [0.717, 1.165) is 24.0 Å². The molecule has 0 aliphatic rings. The summed E-state index contributed by atoms with van der Waals surface area (Å²) in [6.45, 7) is 4.16. The molecule has 2 heteroatoms. The van der Waals surface area contributed by atoms with Gasteiger partial charge in [0.2, 0.25) is 0 Å². The fourth-order valence-corrected chi connectivity index (χ4v) is 1.72. The SMILES string of the molecule is CCc1cccc(C#N)c1.CCc1cccc(C#N)c1. The summed E-state index contributed by atoms with van der Waals surface area (Å²) in [5, 5.41) is 17.0. The van der Waals surface area contributed by atoms with Gasteiger partial charge in [0.1, 0.15) is 0 Å². The molecule has 0 aromatic heterocycles. The third kappa shape index (κ3) is 4.96. The first-order chi connectivity index (χ1) is 9.73. The minimum Gasteiger partial charge on any atom is -0.192 e. The maximum atomic E-state index is 8.51. The predicted molar refractivity (Wildman–Crippen MR) is 81.1 cm³/mol. The van der Waals surface area contributed by atoms with Gasteiger partial charge in [-0.05, 0) is 48.2 Å². The van der Waals surface area contributed by atoms with E-state index in [4.69, 9.17) is 10.5 Å². The number of aryl methyl sites for hydroxylation is 2. The average Bonchev–Trinajstić information content (AvgIpc) is 2.55. The first-order valence-corrected chi connectivity index (χ1v) is 6.71. The van der Waals surface area contributed by atoms with Crippen LogP contribution in [0, 0.1) is 22.7 Å². The molecular weight excluding hydrogens is 244 g/mol. The molecule has 2 rings (SSSR count). The van der Waals surface area contributed by atoms with Crippen LogP contribution in [-0.4, -0.2) is 0 Å². The number of benzene rings is 2. The summed E-state index contributed by atoms with van der Waals surface area (Å²) in [5.41, 5.74) is 3.94. The van der Waals surface area contributed by atoms with Crippen LogP contribution < -0.4 is 0 Å². The van der Waals surface area contributed by atoms with Gasteiger partial charge in [0, 0.05) is 0 Å². The van der Waals surface area contributed by atoms with Gasteiger partial charge in [-0.25, -0.2) is 0 Å². The van der Waals surface area contributed by atoms with E-state index in [1.807, 2.05) is 48.5 Å². The van der Waals surface area contributed by atoms with Crippen molar-refractivity contribution < 1.29 is 0 Å². The number of nitriles is 2. The Morgan fingerprint density at radius 2 is 1.15 bits per heavy atom. The summed E-state index contributed by atoms with van der Waals surface area (Å²) in [4.78, 5) is 0. The topological polar surface area (TPSA) is 47.6 Å². The molecule has 0 saturated carbocycles. The molecule has 0 saturated heterocycles. The number of nitrogens with zero attached hydrogens (tertiary/aromatic N) is 2. The number of hydrogen-bond acceptors (Lipinski definition) is 2. The van der Waals surface area contributed by atoms with Crippen LogP contribution in [-0.2, 0) is 12.8 Å². The van der Waals surface area contributed by atoms with Crippen molar-refractivity contribution in [2.45, 2.75) is 26.7 Å². The molecule has 0 aliphatic carbocycles. The molecule has 2 nitrogen and oxygen atoms in total. The smallest absolute Gasteiger partial charge is 0.0991 e. The molecule has 0 heterocycles. The fraction of sp³-hybridized carbons (Fsp3) is 0.222. The van der Waals surface area contributed by atoms with E-state index in [2.05, 4.69) is 26.0 Å². The van der Waals surface area contributed by atoms with E-state index < -0.39 is 0 Å². The maximum Gasteiger partial charge on any atom is 0.0991 e. The summed E-state index contributed by atoms with van der Waals surface area (Å²) in [6.07, 6.45) is 1.99. The van der Waals surface area contributed by atoms with Crippen molar-refractivity contribution in [3.8, 4) is 12.1 Å². The van der Waals surface area contributed by atoms with Gasteiger partial charge in [-0.3, -0.25) is 0 Å². The van der Waals surface area contributed by atoms with Crippen LogP contribution in [0.4, 0.5) is 0 Å². The second kappa shape index (κ2) is 8.51. The predicted octanol–water partition coefficient (Wildman–Crippen LogP) is 4.24. The van der Waals surface area contributed by atoms with Crippen LogP contribution in [0.2, 0.25) is 0 Å². The molecule has 0 N–H and O–H groups in total. The molecule has 20 heavy (non-hydrogen) atoms. The molecule has 0 spiro atoms. The Labute approximate surface area is 120 Å². The molecule has 0 aliphatic heterocycles. The van der Waals surface area contributed by atoms with Crippen LogP contribution in [0.15, 0.2) is 48.5 Å². The zero-order chi connectivity index (χ0) is 14.8. The van der Waals surface area contributed by atoms with Crippen molar-refractivity contribution in [2.75, 3.05) is 0 Å². The molecule has 0 bridgehead atoms. The van der Waals surface area contributed by atoms with Crippen molar-refractivity contribution in [1.29, 1.82) is 10.5 Å². The van der Waals surface area contributed by atoms with Gasteiger partial charge in [0.15, 0.2) is 0 Å². The zero-order valence-corrected chi connectivity index (χ0v) is 11.9. The van der Waals surface area contributed by atoms with E-state index in [9.17, 15) is 0 Å². The Bertz CT molecular complexity index is 573. The second-order valence-corrected chi connectivity index (χ2v) is 4.33.